The fourth-order valence-corrected chi connectivity index (χ4v) is 1.87. The number of halogens is 1. The summed E-state index contributed by atoms with van der Waals surface area (Å²) in [6.45, 7) is 4.16. The molecule has 0 spiro atoms. The van der Waals surface area contributed by atoms with Crippen molar-refractivity contribution in [3.8, 4) is 5.82 Å². The number of nitrogens with two attached hydrogens (primary N) is 1. The van der Waals surface area contributed by atoms with E-state index in [1.165, 1.54) is 0 Å². The summed E-state index contributed by atoms with van der Waals surface area (Å²) in [5.74, 6) is 0.644. The fourth-order valence-electron chi connectivity index (χ4n) is 1.71. The molecule has 0 bridgehead atoms. The number of hydrogen-bond acceptors (Lipinski definition) is 3. The molecule has 0 aliphatic carbocycles. The van der Waals surface area contributed by atoms with Crippen molar-refractivity contribution in [1.29, 1.82) is 0 Å². The molecule has 0 aliphatic heterocycles. The molecular weight excluding hydrogens is 236 g/mol. The van der Waals surface area contributed by atoms with Gasteiger partial charge in [-0.2, -0.15) is 5.10 Å². The van der Waals surface area contributed by atoms with E-state index in [2.05, 4.69) is 30.0 Å². The van der Waals surface area contributed by atoms with E-state index < -0.39 is 0 Å². The molecule has 0 saturated carbocycles. The molecule has 4 nitrogen and oxygen atoms in total. The summed E-state index contributed by atoms with van der Waals surface area (Å²) in [6, 6.07) is 3.77. The van der Waals surface area contributed by atoms with Crippen LogP contribution in [0.5, 0.6) is 0 Å². The van der Waals surface area contributed by atoms with Gasteiger partial charge in [-0.1, -0.05) is 25.4 Å². The van der Waals surface area contributed by atoms with Crippen LogP contribution in [-0.2, 0) is 12.8 Å². The summed E-state index contributed by atoms with van der Waals surface area (Å²) >= 11 is 5.84. The van der Waals surface area contributed by atoms with Gasteiger partial charge in [-0.05, 0) is 25.0 Å². The quantitative estimate of drug-likeness (QED) is 0.911. The van der Waals surface area contributed by atoms with Crippen molar-refractivity contribution in [2.45, 2.75) is 26.7 Å². The molecule has 0 unspecified atom stereocenters. The lowest BCUT2D eigenvalue weighted by molar-refractivity contribution is 0.774. The molecule has 0 saturated heterocycles. The van der Waals surface area contributed by atoms with E-state index in [-0.39, 0.29) is 0 Å². The molecule has 17 heavy (non-hydrogen) atoms. The van der Waals surface area contributed by atoms with E-state index >= 15 is 0 Å². The van der Waals surface area contributed by atoms with Crippen molar-refractivity contribution in [3.63, 3.8) is 0 Å². The molecule has 0 atom stereocenters. The number of anilines is 1. The number of aryl methyl sites for hydroxylation is 2. The second-order valence-electron chi connectivity index (χ2n) is 3.81. The second-order valence-corrected chi connectivity index (χ2v) is 4.25. The van der Waals surface area contributed by atoms with Crippen molar-refractivity contribution in [2.24, 2.45) is 0 Å². The number of aromatic nitrogens is 3. The number of nitrogen functional groups attached to an aromatic ring is 1. The molecule has 5 heteroatoms. The summed E-state index contributed by atoms with van der Waals surface area (Å²) in [5, 5.41) is 5.03. The Morgan fingerprint density at radius 1 is 1.29 bits per heavy atom. The van der Waals surface area contributed by atoms with Gasteiger partial charge in [-0.15, -0.1) is 0 Å². The van der Waals surface area contributed by atoms with Crippen LogP contribution >= 0.6 is 11.6 Å². The number of hydrogen-bond donors (Lipinski definition) is 1. The monoisotopic (exact) mass is 250 g/mol. The zero-order valence-electron chi connectivity index (χ0n) is 9.94. The average molecular weight is 251 g/mol. The maximum Gasteiger partial charge on any atom is 0.176 e. The Bertz CT molecular complexity index is 533. The van der Waals surface area contributed by atoms with Crippen molar-refractivity contribution in [1.82, 2.24) is 14.8 Å². The Morgan fingerprint density at radius 2 is 2.06 bits per heavy atom. The third kappa shape index (κ3) is 2.26. The van der Waals surface area contributed by atoms with E-state index in [0.29, 0.717) is 16.5 Å². The van der Waals surface area contributed by atoms with Gasteiger partial charge in [0.2, 0.25) is 0 Å². The van der Waals surface area contributed by atoms with E-state index in [1.54, 1.807) is 16.9 Å². The number of rotatable bonds is 3. The molecule has 2 aromatic heterocycles. The zero-order chi connectivity index (χ0) is 12.4. The normalized spacial score (nSPS) is 10.8. The first-order valence-electron chi connectivity index (χ1n) is 5.64. The van der Waals surface area contributed by atoms with Crippen LogP contribution in [0.25, 0.3) is 5.82 Å². The van der Waals surface area contributed by atoms with Crippen molar-refractivity contribution in [3.05, 3.63) is 34.7 Å². The van der Waals surface area contributed by atoms with Gasteiger partial charge in [-0.25, -0.2) is 9.67 Å². The SMILES string of the molecule is CCc1cc(CC)n(-c2ncc(Cl)cc2N)n1. The lowest BCUT2D eigenvalue weighted by atomic mass is 10.2. The van der Waals surface area contributed by atoms with E-state index in [9.17, 15) is 0 Å². The minimum Gasteiger partial charge on any atom is -0.396 e. The Kier molecular flexibility index (Phi) is 3.33. The van der Waals surface area contributed by atoms with Gasteiger partial charge in [0.1, 0.15) is 0 Å². The number of nitrogens with zero attached hydrogens (tertiary/aromatic N) is 3. The zero-order valence-corrected chi connectivity index (χ0v) is 10.7. The predicted molar refractivity (Wildman–Crippen MR) is 69.5 cm³/mol. The van der Waals surface area contributed by atoms with Crippen LogP contribution in [0.1, 0.15) is 25.2 Å². The molecular formula is C12H15ClN4. The summed E-state index contributed by atoms with van der Waals surface area (Å²) in [5.41, 5.74) is 8.60. The van der Waals surface area contributed by atoms with Crippen LogP contribution in [0.4, 0.5) is 5.69 Å². The van der Waals surface area contributed by atoms with Gasteiger partial charge < -0.3 is 5.73 Å². The smallest absolute Gasteiger partial charge is 0.176 e. The predicted octanol–water partition coefficient (Wildman–Crippen LogP) is 2.63. The van der Waals surface area contributed by atoms with Crippen LogP contribution in [-0.4, -0.2) is 14.8 Å². The first-order valence-corrected chi connectivity index (χ1v) is 6.02. The molecule has 2 rings (SSSR count). The van der Waals surface area contributed by atoms with Crippen LogP contribution in [0.2, 0.25) is 5.02 Å². The Morgan fingerprint density at radius 3 is 2.65 bits per heavy atom. The molecule has 2 heterocycles. The summed E-state index contributed by atoms with van der Waals surface area (Å²) in [7, 11) is 0. The van der Waals surface area contributed by atoms with E-state index in [4.69, 9.17) is 17.3 Å². The lowest BCUT2D eigenvalue weighted by Gasteiger charge is -2.07. The van der Waals surface area contributed by atoms with Gasteiger partial charge in [0.05, 0.1) is 16.4 Å². The van der Waals surface area contributed by atoms with Crippen LogP contribution in [0.3, 0.4) is 0 Å². The fraction of sp³-hybridized carbons (Fsp3) is 0.333. The standard InChI is InChI=1S/C12H15ClN4/c1-3-9-6-10(4-2)17(16-9)12-11(14)5-8(13)7-15-12/h5-7H,3-4,14H2,1-2H3. The van der Waals surface area contributed by atoms with Crippen LogP contribution in [0, 0.1) is 0 Å². The highest BCUT2D eigenvalue weighted by atomic mass is 35.5. The average Bonchev–Trinajstić information content (AvgIpc) is 2.72. The second kappa shape index (κ2) is 4.75. The highest BCUT2D eigenvalue weighted by Crippen LogP contribution is 2.20. The minimum absolute atomic E-state index is 0.534. The van der Waals surface area contributed by atoms with Gasteiger partial charge in [0.15, 0.2) is 5.82 Å². The summed E-state index contributed by atoms with van der Waals surface area (Å²) in [6.07, 6.45) is 3.37. The lowest BCUT2D eigenvalue weighted by Crippen LogP contribution is -2.07. The topological polar surface area (TPSA) is 56.7 Å². The van der Waals surface area contributed by atoms with Crippen molar-refractivity contribution < 1.29 is 0 Å². The number of pyridine rings is 1. The van der Waals surface area contributed by atoms with Gasteiger partial charge in [0, 0.05) is 11.9 Å². The van der Waals surface area contributed by atoms with E-state index in [1.807, 2.05) is 0 Å². The highest BCUT2D eigenvalue weighted by molar-refractivity contribution is 6.30. The molecule has 90 valence electrons. The molecule has 0 radical (unpaired) electrons. The third-order valence-corrected chi connectivity index (χ3v) is 2.83. The van der Waals surface area contributed by atoms with Gasteiger partial charge in [0.25, 0.3) is 0 Å². The maximum absolute atomic E-state index is 5.92. The largest absolute Gasteiger partial charge is 0.396 e. The highest BCUT2D eigenvalue weighted by Gasteiger charge is 2.11. The summed E-state index contributed by atoms with van der Waals surface area (Å²) in [4.78, 5) is 4.25. The minimum atomic E-state index is 0.534. The summed E-state index contributed by atoms with van der Waals surface area (Å²) < 4.78 is 1.80. The molecule has 0 aromatic carbocycles. The van der Waals surface area contributed by atoms with Crippen LogP contribution < -0.4 is 5.73 Å². The van der Waals surface area contributed by atoms with Gasteiger partial charge in [-0.3, -0.25) is 0 Å². The molecule has 0 amide bonds. The molecule has 2 N–H and O–H groups in total. The van der Waals surface area contributed by atoms with Gasteiger partial charge >= 0.3 is 0 Å². The molecule has 0 aliphatic rings. The Hall–Kier alpha value is -1.55. The Labute approximate surface area is 105 Å². The van der Waals surface area contributed by atoms with Crippen molar-refractivity contribution in [2.75, 3.05) is 5.73 Å². The molecule has 2 aromatic rings. The molecule has 0 fully saturated rings. The van der Waals surface area contributed by atoms with Crippen molar-refractivity contribution >= 4 is 17.3 Å². The maximum atomic E-state index is 5.92. The third-order valence-electron chi connectivity index (χ3n) is 2.62. The van der Waals surface area contributed by atoms with E-state index in [0.717, 1.165) is 24.2 Å². The first-order chi connectivity index (χ1) is 8.15. The Balaban J connectivity index is 2.55. The first kappa shape index (κ1) is 11.9. The van der Waals surface area contributed by atoms with Crippen LogP contribution in [0.15, 0.2) is 18.3 Å².